The van der Waals surface area contributed by atoms with Crippen molar-refractivity contribution in [2.75, 3.05) is 19.7 Å². The fraction of sp³-hybridized carbons (Fsp3) is 0.545. The molecule has 2 aromatic rings. The zero-order chi connectivity index (χ0) is 21.8. The first-order valence-corrected chi connectivity index (χ1v) is 10.6. The first-order chi connectivity index (χ1) is 14.4. The quantitative estimate of drug-likeness (QED) is 0.673. The maximum Gasteiger partial charge on any atom is 0.332 e. The molecule has 3 rings (SSSR count). The number of hydrogen-bond acceptors (Lipinski definition) is 5. The van der Waals surface area contributed by atoms with Gasteiger partial charge in [-0.1, -0.05) is 19.1 Å². The van der Waals surface area contributed by atoms with Gasteiger partial charge in [-0.15, -0.1) is 0 Å². The fourth-order valence-electron chi connectivity index (χ4n) is 3.92. The maximum absolute atomic E-state index is 13.1. The van der Waals surface area contributed by atoms with Crippen molar-refractivity contribution >= 4 is 22.8 Å². The second kappa shape index (κ2) is 9.28. The molecule has 162 valence electrons. The van der Waals surface area contributed by atoms with E-state index in [9.17, 15) is 19.2 Å². The highest BCUT2D eigenvalue weighted by atomic mass is 16.5. The summed E-state index contributed by atoms with van der Waals surface area (Å²) in [5, 5.41) is 0.422. The largest absolute Gasteiger partial charge is 0.466 e. The summed E-state index contributed by atoms with van der Waals surface area (Å²) < 4.78 is 7.70. The van der Waals surface area contributed by atoms with Gasteiger partial charge in [-0.3, -0.25) is 23.5 Å². The van der Waals surface area contributed by atoms with Crippen LogP contribution >= 0.6 is 0 Å². The second-order valence-corrected chi connectivity index (χ2v) is 7.73. The van der Waals surface area contributed by atoms with E-state index in [1.54, 1.807) is 36.1 Å². The van der Waals surface area contributed by atoms with Crippen molar-refractivity contribution in [1.29, 1.82) is 0 Å². The lowest BCUT2D eigenvalue weighted by Gasteiger charge is -2.31. The topological polar surface area (TPSA) is 90.6 Å². The van der Waals surface area contributed by atoms with E-state index in [1.165, 1.54) is 9.13 Å². The van der Waals surface area contributed by atoms with E-state index < -0.39 is 5.69 Å². The SMILES string of the molecule is CCOC(=O)C1CCN(C(=O)Cn2c(=O)n([C@@H](C)CC)c(=O)c3ccccc32)CC1. The van der Waals surface area contributed by atoms with Gasteiger partial charge in [0.05, 0.1) is 23.4 Å². The molecule has 1 aromatic heterocycles. The lowest BCUT2D eigenvalue weighted by Crippen LogP contribution is -2.46. The van der Waals surface area contributed by atoms with Gasteiger partial charge in [0, 0.05) is 19.1 Å². The molecular formula is C22H29N3O5. The van der Waals surface area contributed by atoms with Crippen molar-refractivity contribution in [2.24, 2.45) is 5.92 Å². The Morgan fingerprint density at radius 3 is 2.43 bits per heavy atom. The summed E-state index contributed by atoms with van der Waals surface area (Å²) >= 11 is 0. The van der Waals surface area contributed by atoms with Gasteiger partial charge in [-0.2, -0.15) is 0 Å². The van der Waals surface area contributed by atoms with Crippen molar-refractivity contribution in [2.45, 2.75) is 52.6 Å². The van der Waals surface area contributed by atoms with Crippen molar-refractivity contribution in [3.63, 3.8) is 0 Å². The zero-order valence-corrected chi connectivity index (χ0v) is 17.8. The van der Waals surface area contributed by atoms with Crippen LogP contribution < -0.4 is 11.2 Å². The number of piperidine rings is 1. The zero-order valence-electron chi connectivity index (χ0n) is 17.8. The Morgan fingerprint density at radius 1 is 1.13 bits per heavy atom. The van der Waals surface area contributed by atoms with Crippen LogP contribution in [-0.2, 0) is 20.9 Å². The number of nitrogens with zero attached hydrogens (tertiary/aromatic N) is 3. The van der Waals surface area contributed by atoms with Crippen LogP contribution in [-0.4, -0.2) is 45.6 Å². The summed E-state index contributed by atoms with van der Waals surface area (Å²) in [5.41, 5.74) is -0.339. The third kappa shape index (κ3) is 4.17. The molecule has 0 N–H and O–H groups in total. The van der Waals surface area contributed by atoms with E-state index in [4.69, 9.17) is 4.74 Å². The van der Waals surface area contributed by atoms with Gasteiger partial charge >= 0.3 is 11.7 Å². The highest BCUT2D eigenvalue weighted by Crippen LogP contribution is 2.19. The molecule has 0 unspecified atom stereocenters. The maximum atomic E-state index is 13.1. The van der Waals surface area contributed by atoms with E-state index in [0.717, 1.165) is 0 Å². The lowest BCUT2D eigenvalue weighted by molar-refractivity contribution is -0.151. The van der Waals surface area contributed by atoms with Crippen molar-refractivity contribution in [1.82, 2.24) is 14.0 Å². The lowest BCUT2D eigenvalue weighted by atomic mass is 9.97. The minimum absolute atomic E-state index is 0.139. The number of carbonyl (C=O) groups is 2. The Hall–Kier alpha value is -2.90. The van der Waals surface area contributed by atoms with Crippen LogP contribution in [0, 0.1) is 5.92 Å². The minimum Gasteiger partial charge on any atom is -0.466 e. The summed E-state index contributed by atoms with van der Waals surface area (Å²) in [4.78, 5) is 52.5. The number of para-hydroxylation sites is 1. The molecule has 8 nitrogen and oxygen atoms in total. The first kappa shape index (κ1) is 21.8. The standard InChI is InChI=1S/C22H29N3O5/c1-4-15(3)25-20(27)17-8-6-7-9-18(17)24(22(25)29)14-19(26)23-12-10-16(11-13-23)21(28)30-5-2/h6-9,15-16H,4-5,10-14H2,1-3H3/t15-/m0/s1. The van der Waals surface area contributed by atoms with Gasteiger partial charge in [0.1, 0.15) is 6.54 Å². The average Bonchev–Trinajstić information content (AvgIpc) is 2.76. The normalized spacial score (nSPS) is 15.9. The number of carbonyl (C=O) groups excluding carboxylic acids is 2. The molecule has 1 aliphatic rings. The van der Waals surface area contributed by atoms with E-state index in [-0.39, 0.29) is 35.9 Å². The van der Waals surface area contributed by atoms with E-state index >= 15 is 0 Å². The summed E-state index contributed by atoms with van der Waals surface area (Å²) in [6.07, 6.45) is 1.72. The molecule has 0 spiro atoms. The molecule has 0 saturated carbocycles. The predicted molar refractivity (Wildman–Crippen MR) is 113 cm³/mol. The fourth-order valence-corrected chi connectivity index (χ4v) is 3.92. The van der Waals surface area contributed by atoms with Crippen LogP contribution in [0.5, 0.6) is 0 Å². The molecule has 0 aliphatic carbocycles. The summed E-state index contributed by atoms with van der Waals surface area (Å²) in [5.74, 6) is -0.601. The molecule has 0 radical (unpaired) electrons. The molecule has 1 saturated heterocycles. The summed E-state index contributed by atoms with van der Waals surface area (Å²) in [6.45, 7) is 6.61. The number of fused-ring (bicyclic) bond motifs is 1. The van der Waals surface area contributed by atoms with Crippen LogP contribution in [0.3, 0.4) is 0 Å². The van der Waals surface area contributed by atoms with Crippen LogP contribution in [0.1, 0.15) is 46.1 Å². The van der Waals surface area contributed by atoms with Crippen molar-refractivity contribution in [3.05, 3.63) is 45.1 Å². The minimum atomic E-state index is -0.470. The number of amides is 1. The molecule has 1 aromatic carbocycles. The van der Waals surface area contributed by atoms with Crippen LogP contribution in [0.15, 0.2) is 33.9 Å². The molecule has 8 heteroatoms. The third-order valence-corrected chi connectivity index (χ3v) is 5.87. The summed E-state index contributed by atoms with van der Waals surface area (Å²) in [7, 11) is 0. The number of hydrogen-bond donors (Lipinski definition) is 0. The Morgan fingerprint density at radius 2 is 1.80 bits per heavy atom. The third-order valence-electron chi connectivity index (χ3n) is 5.87. The van der Waals surface area contributed by atoms with Crippen LogP contribution in [0.25, 0.3) is 10.9 Å². The molecular weight excluding hydrogens is 386 g/mol. The highest BCUT2D eigenvalue weighted by molar-refractivity contribution is 5.82. The smallest absolute Gasteiger partial charge is 0.332 e. The summed E-state index contributed by atoms with van der Waals surface area (Å²) in [6, 6.07) is 6.61. The highest BCUT2D eigenvalue weighted by Gasteiger charge is 2.29. The molecule has 2 heterocycles. The van der Waals surface area contributed by atoms with Gasteiger partial charge in [-0.25, -0.2) is 4.79 Å². The predicted octanol–water partition coefficient (Wildman–Crippen LogP) is 1.94. The van der Waals surface area contributed by atoms with Gasteiger partial charge in [-0.05, 0) is 45.2 Å². The first-order valence-electron chi connectivity index (χ1n) is 10.6. The Bertz CT molecular complexity index is 1050. The molecule has 1 amide bonds. The molecule has 1 atom stereocenters. The number of ether oxygens (including phenoxy) is 1. The van der Waals surface area contributed by atoms with Gasteiger partial charge in [0.25, 0.3) is 5.56 Å². The second-order valence-electron chi connectivity index (χ2n) is 7.73. The Kier molecular flexibility index (Phi) is 6.74. The van der Waals surface area contributed by atoms with Gasteiger partial charge in [0.2, 0.25) is 5.91 Å². The number of benzene rings is 1. The van der Waals surface area contributed by atoms with Crippen LogP contribution in [0.2, 0.25) is 0 Å². The monoisotopic (exact) mass is 415 g/mol. The Labute approximate surface area is 175 Å². The van der Waals surface area contributed by atoms with E-state index in [1.807, 2.05) is 13.8 Å². The average molecular weight is 415 g/mol. The Balaban J connectivity index is 1.87. The molecule has 1 fully saturated rings. The van der Waals surface area contributed by atoms with Gasteiger partial charge < -0.3 is 9.64 Å². The molecule has 30 heavy (non-hydrogen) atoms. The molecule has 0 bridgehead atoms. The number of likely N-dealkylation sites (tertiary alicyclic amines) is 1. The van der Waals surface area contributed by atoms with Crippen molar-refractivity contribution in [3.8, 4) is 0 Å². The van der Waals surface area contributed by atoms with Crippen LogP contribution in [0.4, 0.5) is 0 Å². The number of esters is 1. The number of aromatic nitrogens is 2. The molecule has 1 aliphatic heterocycles. The van der Waals surface area contributed by atoms with Gasteiger partial charge in [0.15, 0.2) is 0 Å². The van der Waals surface area contributed by atoms with E-state index in [0.29, 0.717) is 49.9 Å². The van der Waals surface area contributed by atoms with E-state index in [2.05, 4.69) is 0 Å². The number of rotatable bonds is 6. The van der Waals surface area contributed by atoms with Crippen molar-refractivity contribution < 1.29 is 14.3 Å².